The Morgan fingerprint density at radius 2 is 1.81 bits per heavy atom. The Labute approximate surface area is 156 Å². The Kier molecular flexibility index (Phi) is 6.21. The van der Waals surface area contributed by atoms with Gasteiger partial charge in [0.05, 0.1) is 16.7 Å². The van der Waals surface area contributed by atoms with Gasteiger partial charge in [0.15, 0.2) is 0 Å². The van der Waals surface area contributed by atoms with Crippen molar-refractivity contribution in [2.45, 2.75) is 24.1 Å². The lowest BCUT2D eigenvalue weighted by Crippen LogP contribution is -2.15. The van der Waals surface area contributed by atoms with Gasteiger partial charge in [-0.15, -0.1) is 11.8 Å². The van der Waals surface area contributed by atoms with Gasteiger partial charge >= 0.3 is 5.97 Å². The van der Waals surface area contributed by atoms with Crippen molar-refractivity contribution in [1.82, 2.24) is 4.98 Å². The number of carboxylic acids is 1. The van der Waals surface area contributed by atoms with Gasteiger partial charge in [-0.2, -0.15) is 10.5 Å². The van der Waals surface area contributed by atoms with E-state index in [1.54, 1.807) is 29.2 Å². The molecule has 1 heterocycles. The molecule has 1 aromatic carbocycles. The number of aromatic carboxylic acids is 1. The van der Waals surface area contributed by atoms with Gasteiger partial charge in [-0.05, 0) is 29.7 Å². The summed E-state index contributed by atoms with van der Waals surface area (Å²) in [5.74, 6) is 0.128. The first-order valence-corrected chi connectivity index (χ1v) is 8.90. The first-order chi connectivity index (χ1) is 12.4. The van der Waals surface area contributed by atoms with Crippen LogP contribution in [0.15, 0.2) is 29.3 Å². The molecule has 0 aliphatic heterocycles. The highest BCUT2D eigenvalue weighted by molar-refractivity contribution is 7.98. The van der Waals surface area contributed by atoms with Crippen molar-refractivity contribution in [3.63, 3.8) is 0 Å². The van der Waals surface area contributed by atoms with Crippen LogP contribution >= 0.6 is 11.8 Å². The van der Waals surface area contributed by atoms with Crippen molar-refractivity contribution in [2.24, 2.45) is 0 Å². The van der Waals surface area contributed by atoms with Crippen LogP contribution in [0.4, 0.5) is 5.82 Å². The highest BCUT2D eigenvalue weighted by Gasteiger charge is 2.20. The zero-order valence-corrected chi connectivity index (χ0v) is 15.6. The maximum absolute atomic E-state index is 10.9. The van der Waals surface area contributed by atoms with Crippen molar-refractivity contribution in [3.8, 4) is 12.1 Å². The fourth-order valence-electron chi connectivity index (χ4n) is 2.51. The van der Waals surface area contributed by atoms with E-state index in [0.717, 1.165) is 5.56 Å². The Bertz CT molecular complexity index is 909. The van der Waals surface area contributed by atoms with E-state index in [2.05, 4.69) is 17.1 Å². The van der Waals surface area contributed by atoms with Gasteiger partial charge in [0, 0.05) is 19.8 Å². The van der Waals surface area contributed by atoms with Crippen molar-refractivity contribution in [3.05, 3.63) is 52.1 Å². The zero-order chi connectivity index (χ0) is 19.3. The number of rotatable bonds is 6. The lowest BCUT2D eigenvalue weighted by atomic mass is 10.0. The molecule has 0 unspecified atom stereocenters. The first-order valence-electron chi connectivity index (χ1n) is 7.92. The van der Waals surface area contributed by atoms with Crippen LogP contribution in [0.5, 0.6) is 0 Å². The van der Waals surface area contributed by atoms with E-state index in [1.165, 1.54) is 11.8 Å². The summed E-state index contributed by atoms with van der Waals surface area (Å²) in [6.45, 7) is 1.91. The van der Waals surface area contributed by atoms with Gasteiger partial charge in [-0.1, -0.05) is 19.1 Å². The van der Waals surface area contributed by atoms with Crippen LogP contribution in [0.3, 0.4) is 0 Å². The molecule has 0 fully saturated rings. The van der Waals surface area contributed by atoms with Crippen LogP contribution in [0.1, 0.15) is 39.5 Å². The molecular formula is C19H18N4O2S. The van der Waals surface area contributed by atoms with Gasteiger partial charge < -0.3 is 10.0 Å². The predicted octanol–water partition coefficient (Wildman–Crippen LogP) is 3.44. The second-order valence-corrected chi connectivity index (χ2v) is 6.70. The topological polar surface area (TPSA) is 101 Å². The maximum Gasteiger partial charge on any atom is 0.335 e. The van der Waals surface area contributed by atoms with Crippen LogP contribution in [0, 0.1) is 22.7 Å². The summed E-state index contributed by atoms with van der Waals surface area (Å²) < 4.78 is 0. The fourth-order valence-corrected chi connectivity index (χ4v) is 3.47. The number of anilines is 1. The first kappa shape index (κ1) is 19.3. The molecular weight excluding hydrogens is 348 g/mol. The average molecular weight is 366 g/mol. The molecule has 26 heavy (non-hydrogen) atoms. The normalized spacial score (nSPS) is 10.0. The van der Waals surface area contributed by atoms with Crippen LogP contribution in [0.2, 0.25) is 0 Å². The summed E-state index contributed by atoms with van der Waals surface area (Å²) in [5, 5.41) is 28.6. The second kappa shape index (κ2) is 8.37. The Balaban J connectivity index is 2.39. The molecule has 0 aliphatic rings. The van der Waals surface area contributed by atoms with E-state index < -0.39 is 5.97 Å². The standard InChI is InChI=1S/C19H18N4O2S/c1-4-14-15(9-20)17(23(2)3)22-18(16(14)10-21)26-11-12-5-7-13(8-6-12)19(24)25/h5-8H,4,11H2,1-3H3,(H,24,25). The number of pyridine rings is 1. The maximum atomic E-state index is 10.9. The number of aromatic nitrogens is 1. The number of hydrogen-bond donors (Lipinski definition) is 1. The molecule has 0 saturated carbocycles. The Hall–Kier alpha value is -3.03. The molecule has 1 aromatic heterocycles. The lowest BCUT2D eigenvalue weighted by Gasteiger charge is -2.18. The van der Waals surface area contributed by atoms with Gasteiger partial charge in [-0.3, -0.25) is 0 Å². The molecule has 0 aliphatic carbocycles. The highest BCUT2D eigenvalue weighted by atomic mass is 32.2. The van der Waals surface area contributed by atoms with Gasteiger partial charge in [0.1, 0.15) is 23.0 Å². The average Bonchev–Trinajstić information content (AvgIpc) is 2.64. The molecule has 7 heteroatoms. The Morgan fingerprint density at radius 3 is 2.27 bits per heavy atom. The van der Waals surface area contributed by atoms with E-state index in [-0.39, 0.29) is 5.56 Å². The summed E-state index contributed by atoms with van der Waals surface area (Å²) in [7, 11) is 3.63. The molecule has 2 aromatic rings. The predicted molar refractivity (Wildman–Crippen MR) is 100 cm³/mol. The lowest BCUT2D eigenvalue weighted by molar-refractivity contribution is 0.0697. The van der Waals surface area contributed by atoms with Gasteiger partial charge in [0.25, 0.3) is 0 Å². The fraction of sp³-hybridized carbons (Fsp3) is 0.263. The molecule has 2 rings (SSSR count). The quantitative estimate of drug-likeness (QED) is 0.781. The van der Waals surface area contributed by atoms with Crippen LogP contribution < -0.4 is 4.90 Å². The van der Waals surface area contributed by atoms with E-state index in [9.17, 15) is 15.3 Å². The van der Waals surface area contributed by atoms with Crippen LogP contribution in [-0.4, -0.2) is 30.2 Å². The molecule has 0 amide bonds. The van der Waals surface area contributed by atoms with E-state index in [4.69, 9.17) is 5.11 Å². The number of benzene rings is 1. The molecule has 132 valence electrons. The number of carbonyl (C=O) groups is 1. The molecule has 6 nitrogen and oxygen atoms in total. The number of nitrogens with zero attached hydrogens (tertiary/aromatic N) is 4. The number of hydrogen-bond acceptors (Lipinski definition) is 6. The summed E-state index contributed by atoms with van der Waals surface area (Å²) >= 11 is 1.40. The van der Waals surface area contributed by atoms with E-state index in [0.29, 0.717) is 39.7 Å². The number of thioether (sulfide) groups is 1. The summed E-state index contributed by atoms with van der Waals surface area (Å²) in [6.07, 6.45) is 0.565. The summed E-state index contributed by atoms with van der Waals surface area (Å²) in [5.41, 5.74) is 2.74. The third kappa shape index (κ3) is 3.96. The minimum Gasteiger partial charge on any atom is -0.478 e. The molecule has 0 radical (unpaired) electrons. The van der Waals surface area contributed by atoms with Gasteiger partial charge in [0.2, 0.25) is 0 Å². The Morgan fingerprint density at radius 1 is 1.19 bits per heavy atom. The number of nitriles is 2. The molecule has 0 saturated heterocycles. The minimum absolute atomic E-state index is 0.233. The molecule has 0 atom stereocenters. The van der Waals surface area contributed by atoms with Crippen LogP contribution in [0.25, 0.3) is 0 Å². The molecule has 0 bridgehead atoms. The monoisotopic (exact) mass is 366 g/mol. The molecule has 0 spiro atoms. The third-order valence-electron chi connectivity index (χ3n) is 3.83. The van der Waals surface area contributed by atoms with Crippen LogP contribution in [-0.2, 0) is 12.2 Å². The SMILES string of the molecule is CCc1c(C#N)c(SCc2ccc(C(=O)O)cc2)nc(N(C)C)c1C#N. The van der Waals surface area contributed by atoms with Crippen molar-refractivity contribution in [2.75, 3.05) is 19.0 Å². The summed E-state index contributed by atoms with van der Waals surface area (Å²) in [4.78, 5) is 17.2. The van der Waals surface area contributed by atoms with Crippen molar-refractivity contribution < 1.29 is 9.90 Å². The van der Waals surface area contributed by atoms with Crippen molar-refractivity contribution >= 4 is 23.5 Å². The van der Waals surface area contributed by atoms with E-state index in [1.807, 2.05) is 21.0 Å². The molecule has 1 N–H and O–H groups in total. The largest absolute Gasteiger partial charge is 0.478 e. The third-order valence-corrected chi connectivity index (χ3v) is 4.87. The highest BCUT2D eigenvalue weighted by Crippen LogP contribution is 2.32. The second-order valence-electron chi connectivity index (χ2n) is 5.73. The minimum atomic E-state index is -0.965. The van der Waals surface area contributed by atoms with Crippen molar-refractivity contribution in [1.29, 1.82) is 10.5 Å². The summed E-state index contributed by atoms with van der Waals surface area (Å²) in [6, 6.07) is 11.0. The van der Waals surface area contributed by atoms with Gasteiger partial charge in [-0.25, -0.2) is 9.78 Å². The zero-order valence-electron chi connectivity index (χ0n) is 14.8. The number of carboxylic acid groups (broad SMARTS) is 1. The smallest absolute Gasteiger partial charge is 0.335 e. The van der Waals surface area contributed by atoms with E-state index >= 15 is 0 Å².